The van der Waals surface area contributed by atoms with Gasteiger partial charge in [-0.1, -0.05) is 23.7 Å². The Morgan fingerprint density at radius 2 is 2.11 bits per heavy atom. The van der Waals surface area contributed by atoms with Crippen LogP contribution in [0.4, 0.5) is 0 Å². The number of aryl methyl sites for hydroxylation is 2. The fourth-order valence-corrected chi connectivity index (χ4v) is 3.37. The molecule has 2 heterocycles. The third-order valence-electron chi connectivity index (χ3n) is 3.19. The molecule has 3 rings (SSSR count). The van der Waals surface area contributed by atoms with Gasteiger partial charge in [0.1, 0.15) is 0 Å². The molecule has 96 valence electrons. The zero-order chi connectivity index (χ0) is 13.6. The Morgan fingerprint density at radius 3 is 2.79 bits per heavy atom. The average Bonchev–Trinajstić information content (AvgIpc) is 2.94. The first-order valence-electron chi connectivity index (χ1n) is 5.94. The number of H-pyrrole nitrogens is 1. The van der Waals surface area contributed by atoms with E-state index in [9.17, 15) is 4.79 Å². The van der Waals surface area contributed by atoms with E-state index in [0.717, 1.165) is 16.5 Å². The first-order chi connectivity index (χ1) is 9.08. The smallest absolute Gasteiger partial charge is 0.206 e. The molecular weight excluding hydrogens is 278 g/mol. The zero-order valence-corrected chi connectivity index (χ0v) is 12.2. The Bertz CT molecular complexity index is 785. The monoisotopic (exact) mass is 289 g/mol. The van der Waals surface area contributed by atoms with Gasteiger partial charge in [-0.3, -0.25) is 4.79 Å². The Kier molecular flexibility index (Phi) is 2.96. The first-order valence-corrected chi connectivity index (χ1v) is 7.19. The van der Waals surface area contributed by atoms with E-state index >= 15 is 0 Å². The number of halogens is 1. The largest absolute Gasteiger partial charge is 0.360 e. The maximum atomic E-state index is 12.5. The van der Waals surface area contributed by atoms with E-state index in [1.807, 2.05) is 37.4 Å². The van der Waals surface area contributed by atoms with E-state index in [0.29, 0.717) is 15.5 Å². The number of rotatable bonds is 2. The summed E-state index contributed by atoms with van der Waals surface area (Å²) in [5.74, 6) is -0.0156. The molecule has 0 spiro atoms. The van der Waals surface area contributed by atoms with Crippen LogP contribution in [0.25, 0.3) is 10.9 Å². The Hall–Kier alpha value is -1.58. The van der Waals surface area contributed by atoms with Crippen molar-refractivity contribution in [2.24, 2.45) is 0 Å². The van der Waals surface area contributed by atoms with E-state index in [4.69, 9.17) is 11.6 Å². The lowest BCUT2D eigenvalue weighted by Gasteiger charge is -1.98. The predicted molar refractivity (Wildman–Crippen MR) is 80.5 cm³/mol. The molecule has 0 amide bonds. The molecule has 19 heavy (non-hydrogen) atoms. The van der Waals surface area contributed by atoms with Gasteiger partial charge in [-0.25, -0.2) is 0 Å². The number of aromatic amines is 1. The molecule has 2 nitrogen and oxygen atoms in total. The lowest BCUT2D eigenvalue weighted by molar-refractivity contribution is 0.104. The number of nitrogens with one attached hydrogen (secondary N) is 1. The van der Waals surface area contributed by atoms with Crippen LogP contribution >= 0.6 is 22.9 Å². The summed E-state index contributed by atoms with van der Waals surface area (Å²) in [5, 5.41) is 3.42. The Morgan fingerprint density at radius 1 is 1.32 bits per heavy atom. The maximum Gasteiger partial charge on any atom is 0.206 e. The zero-order valence-electron chi connectivity index (χ0n) is 10.6. The van der Waals surface area contributed by atoms with Gasteiger partial charge < -0.3 is 4.98 Å². The van der Waals surface area contributed by atoms with Gasteiger partial charge in [0.15, 0.2) is 0 Å². The summed E-state index contributed by atoms with van der Waals surface area (Å²) in [7, 11) is 0. The van der Waals surface area contributed by atoms with Crippen molar-refractivity contribution in [3.8, 4) is 0 Å². The van der Waals surface area contributed by atoms with E-state index in [1.165, 1.54) is 16.9 Å². The van der Waals surface area contributed by atoms with Crippen LogP contribution in [0, 0.1) is 13.8 Å². The van der Waals surface area contributed by atoms with Crippen LogP contribution < -0.4 is 0 Å². The van der Waals surface area contributed by atoms with E-state index in [2.05, 4.69) is 4.98 Å². The summed E-state index contributed by atoms with van der Waals surface area (Å²) >= 11 is 7.58. The number of thiophene rings is 1. The molecule has 0 saturated carbocycles. The summed E-state index contributed by atoms with van der Waals surface area (Å²) < 4.78 is 0. The van der Waals surface area contributed by atoms with Crippen molar-refractivity contribution in [1.82, 2.24) is 4.98 Å². The molecule has 0 radical (unpaired) electrons. The minimum Gasteiger partial charge on any atom is -0.360 e. The van der Waals surface area contributed by atoms with Gasteiger partial charge in [-0.05, 0) is 36.4 Å². The molecular formula is C15H12ClNOS. The van der Waals surface area contributed by atoms with Crippen molar-refractivity contribution in [3.05, 3.63) is 56.4 Å². The third-order valence-corrected chi connectivity index (χ3v) is 4.88. The second-order valence-corrected chi connectivity index (χ2v) is 5.90. The number of benzene rings is 1. The van der Waals surface area contributed by atoms with Gasteiger partial charge in [0.25, 0.3) is 0 Å². The number of hydrogen-bond donors (Lipinski definition) is 1. The van der Waals surface area contributed by atoms with E-state index in [1.54, 1.807) is 6.20 Å². The van der Waals surface area contributed by atoms with Gasteiger partial charge >= 0.3 is 0 Å². The second kappa shape index (κ2) is 4.51. The molecule has 0 unspecified atom stereocenters. The molecule has 0 fully saturated rings. The molecule has 1 N–H and O–H groups in total. The van der Waals surface area contributed by atoms with Crippen LogP contribution in [0.5, 0.6) is 0 Å². The fraction of sp³-hybridized carbons (Fsp3) is 0.133. The maximum absolute atomic E-state index is 12.5. The Balaban J connectivity index is 2.14. The first kappa shape index (κ1) is 12.5. The highest BCUT2D eigenvalue weighted by Crippen LogP contribution is 2.31. The van der Waals surface area contributed by atoms with Crippen molar-refractivity contribution in [3.63, 3.8) is 0 Å². The average molecular weight is 290 g/mol. The van der Waals surface area contributed by atoms with Crippen LogP contribution in [0.2, 0.25) is 5.02 Å². The predicted octanol–water partition coefficient (Wildman–Crippen LogP) is 4.73. The number of aromatic nitrogens is 1. The van der Waals surface area contributed by atoms with Crippen LogP contribution in [0.1, 0.15) is 26.4 Å². The van der Waals surface area contributed by atoms with Crippen LogP contribution in [0.15, 0.2) is 29.8 Å². The minimum absolute atomic E-state index is 0.0156. The van der Waals surface area contributed by atoms with Gasteiger partial charge in [0.2, 0.25) is 5.78 Å². The third kappa shape index (κ3) is 1.99. The van der Waals surface area contributed by atoms with Crippen molar-refractivity contribution in [2.75, 3.05) is 0 Å². The lowest BCUT2D eigenvalue weighted by Crippen LogP contribution is -1.98. The molecule has 0 saturated heterocycles. The summed E-state index contributed by atoms with van der Waals surface area (Å²) in [6.45, 7) is 3.94. The normalized spacial score (nSPS) is 11.1. The minimum atomic E-state index is -0.0156. The fourth-order valence-electron chi connectivity index (χ4n) is 2.13. The number of ketones is 1. The summed E-state index contributed by atoms with van der Waals surface area (Å²) in [5.41, 5.74) is 3.77. The van der Waals surface area contributed by atoms with Gasteiger partial charge in [-0.15, -0.1) is 11.3 Å². The molecule has 0 bridgehead atoms. The van der Waals surface area contributed by atoms with Crippen molar-refractivity contribution < 1.29 is 4.79 Å². The van der Waals surface area contributed by atoms with Gasteiger partial charge in [-0.2, -0.15) is 0 Å². The standard InChI is InChI=1S/C15H12ClNOS/c1-8-3-4-10-11(6-17-12(10)5-8)14(18)15-13(16)9(2)7-19-15/h3-7,17H,1-2H3. The molecule has 0 aliphatic rings. The SMILES string of the molecule is Cc1ccc2c(C(=O)c3scc(C)c3Cl)c[nH]c2c1. The van der Waals surface area contributed by atoms with Crippen LogP contribution in [-0.2, 0) is 0 Å². The van der Waals surface area contributed by atoms with Gasteiger partial charge in [0, 0.05) is 22.7 Å². The van der Waals surface area contributed by atoms with Crippen LogP contribution in [-0.4, -0.2) is 10.8 Å². The number of fused-ring (bicyclic) bond motifs is 1. The number of carbonyl (C=O) groups excluding carboxylic acids is 1. The highest BCUT2D eigenvalue weighted by atomic mass is 35.5. The molecule has 0 aliphatic heterocycles. The molecule has 3 aromatic rings. The van der Waals surface area contributed by atoms with Crippen molar-refractivity contribution >= 4 is 39.6 Å². The Labute approximate surface area is 120 Å². The summed E-state index contributed by atoms with van der Waals surface area (Å²) in [6, 6.07) is 6.02. The van der Waals surface area contributed by atoms with Crippen LogP contribution in [0.3, 0.4) is 0 Å². The second-order valence-electron chi connectivity index (χ2n) is 4.64. The highest BCUT2D eigenvalue weighted by Gasteiger charge is 2.19. The molecule has 1 aromatic carbocycles. The van der Waals surface area contributed by atoms with E-state index in [-0.39, 0.29) is 5.78 Å². The summed E-state index contributed by atoms with van der Waals surface area (Å²) in [6.07, 6.45) is 1.76. The quantitative estimate of drug-likeness (QED) is 0.680. The molecule has 2 aromatic heterocycles. The lowest BCUT2D eigenvalue weighted by atomic mass is 10.1. The molecule has 0 aliphatic carbocycles. The molecule has 0 atom stereocenters. The van der Waals surface area contributed by atoms with Gasteiger partial charge in [0.05, 0.1) is 9.90 Å². The number of carbonyl (C=O) groups is 1. The summed E-state index contributed by atoms with van der Waals surface area (Å²) in [4.78, 5) is 16.3. The van der Waals surface area contributed by atoms with Crippen molar-refractivity contribution in [1.29, 1.82) is 0 Å². The highest BCUT2D eigenvalue weighted by molar-refractivity contribution is 7.13. The van der Waals surface area contributed by atoms with E-state index < -0.39 is 0 Å². The topological polar surface area (TPSA) is 32.9 Å². The number of hydrogen-bond acceptors (Lipinski definition) is 2. The van der Waals surface area contributed by atoms with Crippen molar-refractivity contribution in [2.45, 2.75) is 13.8 Å². The molecule has 4 heteroatoms.